The summed E-state index contributed by atoms with van der Waals surface area (Å²) < 4.78 is 29.7. The van der Waals surface area contributed by atoms with Crippen molar-refractivity contribution in [3.63, 3.8) is 0 Å². The van der Waals surface area contributed by atoms with E-state index in [-0.39, 0.29) is 22.4 Å². The third kappa shape index (κ3) is 4.16. The van der Waals surface area contributed by atoms with Crippen LogP contribution in [-0.4, -0.2) is 29.5 Å². The van der Waals surface area contributed by atoms with Crippen molar-refractivity contribution in [3.8, 4) is 11.3 Å². The zero-order chi connectivity index (χ0) is 24.9. The number of hydrogen-bond acceptors (Lipinski definition) is 6. The molecule has 4 heterocycles. The van der Waals surface area contributed by atoms with E-state index >= 15 is 0 Å². The standard InChI is InChI=1S/C22H16F2N6O2S.C2H6/c1-22(23,24)20-27-15-3-2-10(6-17(15)33-20)11-7-12(11)13-8-16(29-30-5-4-25-18(13)30)14-9-26-21(32)28-19(14)31;1-2/h2-6,8-9,11-12H,7H2,1H3,(H2,26,28,31,32);1-2H3/t11-,12+;/m1./s1. The van der Waals surface area contributed by atoms with Crippen molar-refractivity contribution in [3.05, 3.63) is 79.8 Å². The number of aromatic nitrogens is 6. The van der Waals surface area contributed by atoms with Gasteiger partial charge < -0.3 is 4.98 Å². The van der Waals surface area contributed by atoms with Gasteiger partial charge in [-0.1, -0.05) is 19.9 Å². The van der Waals surface area contributed by atoms with Crippen molar-refractivity contribution in [2.45, 2.75) is 45.0 Å². The number of thiazole rings is 1. The van der Waals surface area contributed by atoms with E-state index in [0.29, 0.717) is 16.9 Å². The molecular formula is C24H22F2N6O2S. The number of alkyl halides is 2. The van der Waals surface area contributed by atoms with E-state index in [2.05, 4.69) is 25.0 Å². The maximum absolute atomic E-state index is 13.7. The fourth-order valence-electron chi connectivity index (χ4n) is 4.21. The Hall–Kier alpha value is -3.73. The Balaban J connectivity index is 0.00000124. The molecule has 180 valence electrons. The molecule has 1 aliphatic rings. The number of nitrogens with zero attached hydrogens (tertiary/aromatic N) is 4. The van der Waals surface area contributed by atoms with Gasteiger partial charge in [0.25, 0.3) is 11.5 Å². The van der Waals surface area contributed by atoms with Crippen LogP contribution in [0, 0.1) is 0 Å². The highest BCUT2D eigenvalue weighted by atomic mass is 32.1. The Labute approximate surface area is 201 Å². The van der Waals surface area contributed by atoms with Crippen LogP contribution < -0.4 is 11.2 Å². The maximum atomic E-state index is 13.7. The molecule has 0 amide bonds. The van der Waals surface area contributed by atoms with Gasteiger partial charge in [-0.25, -0.2) is 19.3 Å². The van der Waals surface area contributed by atoms with Gasteiger partial charge in [-0.15, -0.1) is 11.3 Å². The number of halogens is 2. The van der Waals surface area contributed by atoms with Crippen LogP contribution in [0.1, 0.15) is 55.2 Å². The molecule has 35 heavy (non-hydrogen) atoms. The number of nitrogens with one attached hydrogen (secondary N) is 2. The first-order chi connectivity index (χ1) is 16.8. The van der Waals surface area contributed by atoms with Gasteiger partial charge in [0.2, 0.25) is 0 Å². The number of benzene rings is 1. The molecule has 0 spiro atoms. The van der Waals surface area contributed by atoms with E-state index in [1.165, 1.54) is 6.20 Å². The van der Waals surface area contributed by atoms with Crippen LogP contribution >= 0.6 is 11.3 Å². The molecule has 0 bridgehead atoms. The molecule has 0 radical (unpaired) electrons. The fraction of sp³-hybridized carbons (Fsp3) is 0.292. The predicted octanol–water partition coefficient (Wildman–Crippen LogP) is 4.79. The number of fused-ring (bicyclic) bond motifs is 2. The molecule has 11 heteroatoms. The van der Waals surface area contributed by atoms with E-state index in [4.69, 9.17) is 0 Å². The van der Waals surface area contributed by atoms with Gasteiger partial charge in [0, 0.05) is 31.1 Å². The monoisotopic (exact) mass is 496 g/mol. The minimum atomic E-state index is -2.97. The molecule has 0 unspecified atom stereocenters. The second-order valence-electron chi connectivity index (χ2n) is 8.25. The predicted molar refractivity (Wildman–Crippen MR) is 130 cm³/mol. The fourth-order valence-corrected chi connectivity index (χ4v) is 5.16. The highest BCUT2D eigenvalue weighted by Gasteiger charge is 2.41. The van der Waals surface area contributed by atoms with Crippen LogP contribution in [-0.2, 0) is 5.92 Å². The van der Waals surface area contributed by atoms with Crippen LogP contribution in [0.25, 0.3) is 27.1 Å². The highest BCUT2D eigenvalue weighted by Crippen LogP contribution is 2.56. The third-order valence-corrected chi connectivity index (χ3v) is 7.08. The molecule has 1 fully saturated rings. The Morgan fingerprint density at radius 1 is 1.17 bits per heavy atom. The van der Waals surface area contributed by atoms with Crippen molar-refractivity contribution in [1.82, 2.24) is 29.5 Å². The van der Waals surface area contributed by atoms with E-state index in [9.17, 15) is 18.4 Å². The zero-order valence-electron chi connectivity index (χ0n) is 19.2. The Morgan fingerprint density at radius 3 is 2.71 bits per heavy atom. The van der Waals surface area contributed by atoms with Gasteiger partial charge in [-0.05, 0) is 42.0 Å². The van der Waals surface area contributed by atoms with Crippen molar-refractivity contribution in [1.29, 1.82) is 0 Å². The van der Waals surface area contributed by atoms with Crippen molar-refractivity contribution < 1.29 is 8.78 Å². The van der Waals surface area contributed by atoms with Crippen molar-refractivity contribution >= 4 is 27.2 Å². The summed E-state index contributed by atoms with van der Waals surface area (Å²) in [6, 6.07) is 7.48. The minimum Gasteiger partial charge on any atom is -0.313 e. The number of rotatable bonds is 4. The molecule has 6 rings (SSSR count). The van der Waals surface area contributed by atoms with E-state index in [1.54, 1.807) is 23.0 Å². The minimum absolute atomic E-state index is 0.135. The summed E-state index contributed by atoms with van der Waals surface area (Å²) in [7, 11) is 0. The van der Waals surface area contributed by atoms with Crippen molar-refractivity contribution in [2.75, 3.05) is 0 Å². The first-order valence-corrected chi connectivity index (χ1v) is 12.0. The summed E-state index contributed by atoms with van der Waals surface area (Å²) in [6.45, 7) is 4.85. The van der Waals surface area contributed by atoms with E-state index < -0.39 is 17.2 Å². The third-order valence-electron chi connectivity index (χ3n) is 5.89. The first-order valence-electron chi connectivity index (χ1n) is 11.2. The lowest BCUT2D eigenvalue weighted by Gasteiger charge is -2.07. The summed E-state index contributed by atoms with van der Waals surface area (Å²) in [4.78, 5) is 36.9. The summed E-state index contributed by atoms with van der Waals surface area (Å²) in [6.07, 6.45) is 5.55. The molecule has 1 aliphatic carbocycles. The van der Waals surface area contributed by atoms with Crippen LogP contribution in [0.5, 0.6) is 0 Å². The molecular weight excluding hydrogens is 474 g/mol. The van der Waals surface area contributed by atoms with Gasteiger partial charge in [0.05, 0.1) is 21.5 Å². The van der Waals surface area contributed by atoms with Gasteiger partial charge in [0.15, 0.2) is 10.7 Å². The normalized spacial score (nSPS) is 17.4. The number of aromatic amines is 2. The van der Waals surface area contributed by atoms with E-state index in [0.717, 1.165) is 40.5 Å². The molecule has 8 nitrogen and oxygen atoms in total. The van der Waals surface area contributed by atoms with Gasteiger partial charge in [-0.3, -0.25) is 9.78 Å². The SMILES string of the molecule is CC.CC(F)(F)c1nc2ccc([C@H]3C[C@@H]3c3cc(-c4c[nH]c(=O)[nH]c4=O)nn4ccnc34)cc2s1. The summed E-state index contributed by atoms with van der Waals surface area (Å²) in [5.74, 6) is -2.65. The number of H-pyrrole nitrogens is 2. The average Bonchev–Trinajstić information content (AvgIpc) is 3.25. The second-order valence-corrected chi connectivity index (χ2v) is 9.28. The highest BCUT2D eigenvalue weighted by molar-refractivity contribution is 7.18. The first kappa shape index (κ1) is 23.0. The lowest BCUT2D eigenvalue weighted by molar-refractivity contribution is 0.0174. The maximum Gasteiger partial charge on any atom is 0.325 e. The molecule has 2 atom stereocenters. The van der Waals surface area contributed by atoms with Gasteiger partial charge in [0.1, 0.15) is 0 Å². The summed E-state index contributed by atoms with van der Waals surface area (Å²) >= 11 is 1.01. The molecule has 0 saturated heterocycles. The summed E-state index contributed by atoms with van der Waals surface area (Å²) in [5.41, 5.74) is 2.81. The molecule has 1 saturated carbocycles. The molecule has 5 aromatic rings. The van der Waals surface area contributed by atoms with Crippen LogP contribution in [0.4, 0.5) is 8.78 Å². The summed E-state index contributed by atoms with van der Waals surface area (Å²) in [5, 5.41) is 4.28. The molecule has 0 aliphatic heterocycles. The lowest BCUT2D eigenvalue weighted by Crippen LogP contribution is -2.23. The average molecular weight is 497 g/mol. The van der Waals surface area contributed by atoms with Crippen LogP contribution in [0.15, 0.2) is 52.4 Å². The van der Waals surface area contributed by atoms with Crippen LogP contribution in [0.2, 0.25) is 0 Å². The Kier molecular flexibility index (Phi) is 5.59. The van der Waals surface area contributed by atoms with Crippen LogP contribution in [0.3, 0.4) is 0 Å². The Morgan fingerprint density at radius 2 is 1.97 bits per heavy atom. The Bertz CT molecular complexity index is 1660. The van der Waals surface area contributed by atoms with Crippen molar-refractivity contribution in [2.24, 2.45) is 0 Å². The lowest BCUT2D eigenvalue weighted by atomic mass is 10.0. The number of imidazole rings is 1. The molecule has 1 aromatic carbocycles. The molecule has 2 N–H and O–H groups in total. The largest absolute Gasteiger partial charge is 0.325 e. The smallest absolute Gasteiger partial charge is 0.313 e. The number of hydrogen-bond donors (Lipinski definition) is 2. The van der Waals surface area contributed by atoms with E-state index in [1.807, 2.05) is 32.0 Å². The molecule has 4 aromatic heterocycles. The second kappa shape index (κ2) is 8.49. The van der Waals surface area contributed by atoms with Gasteiger partial charge >= 0.3 is 5.69 Å². The van der Waals surface area contributed by atoms with Gasteiger partial charge in [-0.2, -0.15) is 13.9 Å². The topological polar surface area (TPSA) is 109 Å². The quantitative estimate of drug-likeness (QED) is 0.372. The zero-order valence-corrected chi connectivity index (χ0v) is 20.0.